The molecule has 7 heteroatoms. The summed E-state index contributed by atoms with van der Waals surface area (Å²) in [5, 5.41) is 10.5. The van der Waals surface area contributed by atoms with Crippen LogP contribution in [0.25, 0.3) is 0 Å². The van der Waals surface area contributed by atoms with Crippen molar-refractivity contribution < 1.29 is 19.2 Å². The van der Waals surface area contributed by atoms with Crippen LogP contribution in [-0.4, -0.2) is 48.6 Å². The molecule has 7 nitrogen and oxygen atoms in total. The van der Waals surface area contributed by atoms with Gasteiger partial charge in [-0.05, 0) is 12.1 Å². The molecule has 1 heterocycles. The Hall–Kier alpha value is -2.15. The van der Waals surface area contributed by atoms with E-state index in [1.54, 1.807) is 4.90 Å². The van der Waals surface area contributed by atoms with Gasteiger partial charge in [0.1, 0.15) is 5.75 Å². The van der Waals surface area contributed by atoms with Crippen LogP contribution in [0.5, 0.6) is 5.75 Å². The first-order chi connectivity index (χ1) is 9.16. The number of benzene rings is 1. The van der Waals surface area contributed by atoms with E-state index in [2.05, 4.69) is 0 Å². The second-order valence-electron chi connectivity index (χ2n) is 4.03. The van der Waals surface area contributed by atoms with Crippen molar-refractivity contribution in [1.82, 2.24) is 4.90 Å². The average Bonchev–Trinajstić information content (AvgIpc) is 2.46. The number of carbonyl (C=O) groups is 1. The van der Waals surface area contributed by atoms with Gasteiger partial charge < -0.3 is 14.4 Å². The second-order valence-corrected chi connectivity index (χ2v) is 4.03. The Bertz CT molecular complexity index is 454. The molecule has 0 atom stereocenters. The Morgan fingerprint density at radius 1 is 1.32 bits per heavy atom. The normalized spacial score (nSPS) is 15.1. The number of amides is 1. The molecule has 0 unspecified atom stereocenters. The molecule has 0 N–H and O–H groups in total. The molecule has 102 valence electrons. The molecule has 0 saturated carbocycles. The van der Waals surface area contributed by atoms with Crippen LogP contribution < -0.4 is 4.74 Å². The molecular weight excluding hydrogens is 252 g/mol. The van der Waals surface area contributed by atoms with Crippen molar-refractivity contribution in [2.45, 2.75) is 0 Å². The predicted octanol–water partition coefficient (Wildman–Crippen LogP) is 0.832. The summed E-state index contributed by atoms with van der Waals surface area (Å²) in [5.41, 5.74) is -0.00754. The molecule has 1 aliphatic rings. The predicted molar refractivity (Wildman–Crippen MR) is 66.0 cm³/mol. The molecule has 0 spiro atoms. The van der Waals surface area contributed by atoms with E-state index in [0.717, 1.165) is 0 Å². The van der Waals surface area contributed by atoms with E-state index in [4.69, 9.17) is 9.47 Å². The van der Waals surface area contributed by atoms with E-state index >= 15 is 0 Å². The third kappa shape index (κ3) is 3.65. The smallest absolute Gasteiger partial charge is 0.269 e. The van der Waals surface area contributed by atoms with Gasteiger partial charge in [0, 0.05) is 25.2 Å². The first-order valence-electron chi connectivity index (χ1n) is 5.89. The topological polar surface area (TPSA) is 81.9 Å². The maximum atomic E-state index is 11.8. The average molecular weight is 266 g/mol. The zero-order valence-corrected chi connectivity index (χ0v) is 10.3. The van der Waals surface area contributed by atoms with Gasteiger partial charge in [-0.3, -0.25) is 14.9 Å². The van der Waals surface area contributed by atoms with E-state index in [0.29, 0.717) is 32.1 Å². The Morgan fingerprint density at radius 3 is 2.53 bits per heavy atom. The van der Waals surface area contributed by atoms with Gasteiger partial charge in [0.15, 0.2) is 6.61 Å². The summed E-state index contributed by atoms with van der Waals surface area (Å²) in [6, 6.07) is 5.64. The van der Waals surface area contributed by atoms with Crippen LogP contribution in [0.4, 0.5) is 5.69 Å². The highest BCUT2D eigenvalue weighted by Crippen LogP contribution is 2.17. The molecule has 0 aliphatic carbocycles. The van der Waals surface area contributed by atoms with Gasteiger partial charge in [-0.25, -0.2) is 0 Å². The minimum Gasteiger partial charge on any atom is -0.484 e. The number of nitro benzene ring substituents is 1. The Morgan fingerprint density at radius 2 is 1.95 bits per heavy atom. The molecule has 0 radical (unpaired) electrons. The minimum atomic E-state index is -0.483. The monoisotopic (exact) mass is 266 g/mol. The summed E-state index contributed by atoms with van der Waals surface area (Å²) in [6.07, 6.45) is 0. The molecular formula is C12H14N2O5. The van der Waals surface area contributed by atoms with Gasteiger partial charge in [-0.15, -0.1) is 0 Å². The van der Waals surface area contributed by atoms with E-state index in [-0.39, 0.29) is 18.2 Å². The summed E-state index contributed by atoms with van der Waals surface area (Å²) in [5.74, 6) is 0.328. The zero-order chi connectivity index (χ0) is 13.7. The number of nitrogens with zero attached hydrogens (tertiary/aromatic N) is 2. The van der Waals surface area contributed by atoms with Gasteiger partial charge in [0.2, 0.25) is 0 Å². The SMILES string of the molecule is O=C(COc1ccc([N+](=O)[O-])cc1)N1CCOCC1. The summed E-state index contributed by atoms with van der Waals surface area (Å²) >= 11 is 0. The number of ether oxygens (including phenoxy) is 2. The fourth-order valence-corrected chi connectivity index (χ4v) is 1.71. The third-order valence-electron chi connectivity index (χ3n) is 2.77. The van der Waals surface area contributed by atoms with Crippen LogP contribution in [0.3, 0.4) is 0 Å². The Labute approximate surface area is 109 Å². The first-order valence-corrected chi connectivity index (χ1v) is 5.89. The Kier molecular flexibility index (Phi) is 4.30. The number of carbonyl (C=O) groups excluding carboxylic acids is 1. The van der Waals surface area contributed by atoms with E-state index in [9.17, 15) is 14.9 Å². The highest BCUT2D eigenvalue weighted by Gasteiger charge is 2.17. The number of hydrogen-bond donors (Lipinski definition) is 0. The summed E-state index contributed by atoms with van der Waals surface area (Å²) in [7, 11) is 0. The van der Waals surface area contributed by atoms with Crippen molar-refractivity contribution >= 4 is 11.6 Å². The molecule has 1 aromatic rings. The molecule has 1 amide bonds. The summed E-state index contributed by atoms with van der Waals surface area (Å²) in [6.45, 7) is 2.16. The molecule has 1 aromatic carbocycles. The van der Waals surface area contributed by atoms with E-state index in [1.807, 2.05) is 0 Å². The number of morpholine rings is 1. The fraction of sp³-hybridized carbons (Fsp3) is 0.417. The highest BCUT2D eigenvalue weighted by atomic mass is 16.6. The number of hydrogen-bond acceptors (Lipinski definition) is 5. The largest absolute Gasteiger partial charge is 0.484 e. The minimum absolute atomic E-state index is 0.00754. The van der Waals surface area contributed by atoms with Crippen LogP contribution in [0.2, 0.25) is 0 Å². The van der Waals surface area contributed by atoms with E-state index < -0.39 is 4.92 Å². The molecule has 2 rings (SSSR count). The molecule has 0 bridgehead atoms. The number of non-ortho nitro benzene ring substituents is 1. The number of rotatable bonds is 4. The van der Waals surface area contributed by atoms with Crippen molar-refractivity contribution in [3.8, 4) is 5.75 Å². The fourth-order valence-electron chi connectivity index (χ4n) is 1.71. The van der Waals surface area contributed by atoms with Crippen molar-refractivity contribution in [2.75, 3.05) is 32.9 Å². The van der Waals surface area contributed by atoms with Gasteiger partial charge >= 0.3 is 0 Å². The molecule has 1 saturated heterocycles. The van der Waals surface area contributed by atoms with Crippen LogP contribution in [0.15, 0.2) is 24.3 Å². The lowest BCUT2D eigenvalue weighted by Gasteiger charge is -2.26. The first kappa shape index (κ1) is 13.3. The molecule has 1 aliphatic heterocycles. The second kappa shape index (κ2) is 6.14. The van der Waals surface area contributed by atoms with Crippen molar-refractivity contribution in [1.29, 1.82) is 0 Å². The summed E-state index contributed by atoms with van der Waals surface area (Å²) < 4.78 is 10.5. The summed E-state index contributed by atoms with van der Waals surface area (Å²) in [4.78, 5) is 23.5. The van der Waals surface area contributed by atoms with E-state index in [1.165, 1.54) is 24.3 Å². The van der Waals surface area contributed by atoms with Gasteiger partial charge in [0.05, 0.1) is 18.1 Å². The highest BCUT2D eigenvalue weighted by molar-refractivity contribution is 5.77. The lowest BCUT2D eigenvalue weighted by molar-refractivity contribution is -0.384. The molecule has 0 aromatic heterocycles. The van der Waals surface area contributed by atoms with Gasteiger partial charge in [-0.2, -0.15) is 0 Å². The van der Waals surface area contributed by atoms with Crippen LogP contribution >= 0.6 is 0 Å². The lowest BCUT2D eigenvalue weighted by Crippen LogP contribution is -2.42. The van der Waals surface area contributed by atoms with Crippen LogP contribution in [0, 0.1) is 10.1 Å². The quantitative estimate of drug-likeness (QED) is 0.595. The standard InChI is InChI=1S/C12H14N2O5/c15-12(13-5-7-18-8-6-13)9-19-11-3-1-10(2-4-11)14(16)17/h1-4H,5-9H2. The van der Waals surface area contributed by atoms with Gasteiger partial charge in [-0.1, -0.05) is 0 Å². The molecule has 1 fully saturated rings. The van der Waals surface area contributed by atoms with Crippen molar-refractivity contribution in [3.05, 3.63) is 34.4 Å². The van der Waals surface area contributed by atoms with Crippen molar-refractivity contribution in [3.63, 3.8) is 0 Å². The van der Waals surface area contributed by atoms with Crippen LogP contribution in [-0.2, 0) is 9.53 Å². The maximum Gasteiger partial charge on any atom is 0.269 e. The number of nitro groups is 1. The lowest BCUT2D eigenvalue weighted by atomic mass is 10.3. The maximum absolute atomic E-state index is 11.8. The molecule has 19 heavy (non-hydrogen) atoms. The third-order valence-corrected chi connectivity index (χ3v) is 2.77. The zero-order valence-electron chi connectivity index (χ0n) is 10.3. The van der Waals surface area contributed by atoms with Crippen molar-refractivity contribution in [2.24, 2.45) is 0 Å². The Balaban J connectivity index is 1.84. The van der Waals surface area contributed by atoms with Gasteiger partial charge in [0.25, 0.3) is 11.6 Å². The van der Waals surface area contributed by atoms with Crippen LogP contribution in [0.1, 0.15) is 0 Å².